The van der Waals surface area contributed by atoms with Crippen LogP contribution >= 0.6 is 0 Å². The van der Waals surface area contributed by atoms with Crippen molar-refractivity contribution in [1.29, 1.82) is 0 Å². The van der Waals surface area contributed by atoms with Crippen LogP contribution in [0.25, 0.3) is 0 Å². The van der Waals surface area contributed by atoms with Crippen molar-refractivity contribution in [2.45, 2.75) is 65.0 Å². The van der Waals surface area contributed by atoms with Gasteiger partial charge < -0.3 is 5.32 Å². The van der Waals surface area contributed by atoms with Gasteiger partial charge in [0.05, 0.1) is 6.54 Å². The fourth-order valence-electron chi connectivity index (χ4n) is 3.10. The molecule has 0 spiro atoms. The van der Waals surface area contributed by atoms with Gasteiger partial charge in [-0.3, -0.25) is 9.69 Å². The Kier molecular flexibility index (Phi) is 5.40. The lowest BCUT2D eigenvalue weighted by atomic mass is 9.97. The van der Waals surface area contributed by atoms with Gasteiger partial charge in [-0.05, 0) is 50.3 Å². The van der Waals surface area contributed by atoms with E-state index in [1.807, 2.05) is 12.1 Å². The molecule has 0 radical (unpaired) electrons. The van der Waals surface area contributed by atoms with Crippen LogP contribution in [0.1, 0.15) is 58.4 Å². The number of rotatable bonds is 4. The number of piperidine rings is 1. The van der Waals surface area contributed by atoms with Gasteiger partial charge in [0, 0.05) is 17.8 Å². The fourth-order valence-corrected chi connectivity index (χ4v) is 3.10. The molecular weight excluding hydrogens is 260 g/mol. The van der Waals surface area contributed by atoms with Gasteiger partial charge in [0.1, 0.15) is 0 Å². The number of amides is 1. The van der Waals surface area contributed by atoms with E-state index in [1.54, 1.807) is 0 Å². The molecule has 1 aromatic rings. The van der Waals surface area contributed by atoms with E-state index in [0.717, 1.165) is 5.69 Å². The van der Waals surface area contributed by atoms with Crippen molar-refractivity contribution < 1.29 is 4.79 Å². The van der Waals surface area contributed by atoms with Gasteiger partial charge in [0.2, 0.25) is 5.91 Å². The van der Waals surface area contributed by atoms with Crippen LogP contribution in [0.4, 0.5) is 5.69 Å². The molecule has 1 fully saturated rings. The molecule has 0 saturated carbocycles. The average Bonchev–Trinajstić information content (AvgIpc) is 2.43. The zero-order valence-corrected chi connectivity index (χ0v) is 13.7. The maximum atomic E-state index is 12.2. The molecule has 2 atom stereocenters. The van der Waals surface area contributed by atoms with Crippen LogP contribution in [0, 0.1) is 0 Å². The van der Waals surface area contributed by atoms with Gasteiger partial charge in [0.15, 0.2) is 0 Å². The third-order valence-corrected chi connectivity index (χ3v) is 4.56. The van der Waals surface area contributed by atoms with Crippen molar-refractivity contribution in [1.82, 2.24) is 4.90 Å². The van der Waals surface area contributed by atoms with E-state index in [9.17, 15) is 4.79 Å². The molecule has 3 nitrogen and oxygen atoms in total. The van der Waals surface area contributed by atoms with Gasteiger partial charge >= 0.3 is 0 Å². The first-order valence-electron chi connectivity index (χ1n) is 8.13. The second kappa shape index (κ2) is 7.08. The third kappa shape index (κ3) is 4.31. The quantitative estimate of drug-likeness (QED) is 0.908. The molecule has 0 bridgehead atoms. The predicted molar refractivity (Wildman–Crippen MR) is 88.6 cm³/mol. The van der Waals surface area contributed by atoms with Gasteiger partial charge in [-0.25, -0.2) is 0 Å². The van der Waals surface area contributed by atoms with Crippen LogP contribution < -0.4 is 5.32 Å². The molecule has 0 aromatic heterocycles. The number of nitrogens with zero attached hydrogens (tertiary/aromatic N) is 1. The van der Waals surface area contributed by atoms with Gasteiger partial charge in [-0.15, -0.1) is 0 Å². The molecule has 1 aromatic carbocycles. The summed E-state index contributed by atoms with van der Waals surface area (Å²) in [5.41, 5.74) is 2.19. The molecule has 2 unspecified atom stereocenters. The fraction of sp³-hybridized carbons (Fsp3) is 0.611. The van der Waals surface area contributed by atoms with Crippen molar-refractivity contribution in [2.24, 2.45) is 0 Å². The van der Waals surface area contributed by atoms with Crippen LogP contribution in [0.15, 0.2) is 24.3 Å². The number of carbonyl (C=O) groups is 1. The Morgan fingerprint density at radius 1 is 1.19 bits per heavy atom. The summed E-state index contributed by atoms with van der Waals surface area (Å²) in [5, 5.41) is 3.02. The summed E-state index contributed by atoms with van der Waals surface area (Å²) in [6.45, 7) is 9.29. The number of hydrogen-bond acceptors (Lipinski definition) is 2. The Morgan fingerprint density at radius 3 is 2.29 bits per heavy atom. The Hall–Kier alpha value is -1.35. The van der Waals surface area contributed by atoms with Gasteiger partial charge in [0.25, 0.3) is 0 Å². The summed E-state index contributed by atoms with van der Waals surface area (Å²) in [7, 11) is 0. The maximum Gasteiger partial charge on any atom is 0.238 e. The molecule has 1 heterocycles. The molecule has 21 heavy (non-hydrogen) atoms. The van der Waals surface area contributed by atoms with Crippen molar-refractivity contribution in [3.8, 4) is 0 Å². The molecule has 1 saturated heterocycles. The molecule has 1 amide bonds. The van der Waals surface area contributed by atoms with E-state index >= 15 is 0 Å². The summed E-state index contributed by atoms with van der Waals surface area (Å²) < 4.78 is 0. The Labute approximate surface area is 128 Å². The minimum atomic E-state index is 0.0906. The summed E-state index contributed by atoms with van der Waals surface area (Å²) >= 11 is 0. The first-order valence-corrected chi connectivity index (χ1v) is 8.13. The van der Waals surface area contributed by atoms with E-state index in [4.69, 9.17) is 0 Å². The molecular formula is C18H28N2O. The number of carbonyl (C=O) groups excluding carboxylic acids is 1. The lowest BCUT2D eigenvalue weighted by molar-refractivity contribution is -0.118. The normalized spacial score (nSPS) is 23.3. The maximum absolute atomic E-state index is 12.2. The van der Waals surface area contributed by atoms with Crippen molar-refractivity contribution in [2.75, 3.05) is 11.9 Å². The second-order valence-electron chi connectivity index (χ2n) is 6.63. The first-order chi connectivity index (χ1) is 9.97. The summed E-state index contributed by atoms with van der Waals surface area (Å²) in [6, 6.07) is 9.18. The van der Waals surface area contributed by atoms with E-state index < -0.39 is 0 Å². The second-order valence-corrected chi connectivity index (χ2v) is 6.63. The van der Waals surface area contributed by atoms with E-state index in [0.29, 0.717) is 24.5 Å². The molecule has 116 valence electrons. The molecule has 1 aliphatic heterocycles. The highest BCUT2D eigenvalue weighted by molar-refractivity contribution is 5.92. The SMILES string of the molecule is CC(C)c1ccc(NC(=O)CN2C(C)CCCC2C)cc1. The summed E-state index contributed by atoms with van der Waals surface area (Å²) in [4.78, 5) is 14.6. The Bertz CT molecular complexity index is 457. The predicted octanol–water partition coefficient (Wildman–Crippen LogP) is 4.01. The van der Waals surface area contributed by atoms with Crippen LogP contribution in [-0.4, -0.2) is 29.4 Å². The third-order valence-electron chi connectivity index (χ3n) is 4.56. The summed E-state index contributed by atoms with van der Waals surface area (Å²) in [6.07, 6.45) is 3.67. The number of anilines is 1. The minimum Gasteiger partial charge on any atom is -0.325 e. The monoisotopic (exact) mass is 288 g/mol. The standard InChI is InChI=1S/C18H28N2O/c1-13(2)16-8-10-17(11-9-16)19-18(21)12-20-14(3)6-5-7-15(20)4/h8-11,13-15H,5-7,12H2,1-4H3,(H,19,21). The van der Waals surface area contributed by atoms with Crippen molar-refractivity contribution in [3.05, 3.63) is 29.8 Å². The largest absolute Gasteiger partial charge is 0.325 e. The zero-order valence-electron chi connectivity index (χ0n) is 13.7. The number of benzene rings is 1. The smallest absolute Gasteiger partial charge is 0.238 e. The van der Waals surface area contributed by atoms with Crippen LogP contribution in [0.3, 0.4) is 0 Å². The topological polar surface area (TPSA) is 32.3 Å². The Balaban J connectivity index is 1.91. The van der Waals surface area contributed by atoms with Crippen LogP contribution in [-0.2, 0) is 4.79 Å². The molecule has 0 aliphatic carbocycles. The van der Waals surface area contributed by atoms with E-state index in [-0.39, 0.29) is 5.91 Å². The molecule has 3 heteroatoms. The lowest BCUT2D eigenvalue weighted by Crippen LogP contribution is -2.47. The number of hydrogen-bond donors (Lipinski definition) is 1. The first kappa shape index (κ1) is 16.0. The zero-order chi connectivity index (χ0) is 15.4. The Morgan fingerprint density at radius 2 is 1.76 bits per heavy atom. The highest BCUT2D eigenvalue weighted by Gasteiger charge is 2.26. The minimum absolute atomic E-state index is 0.0906. The highest BCUT2D eigenvalue weighted by Crippen LogP contribution is 2.22. The molecule has 1 aliphatic rings. The highest BCUT2D eigenvalue weighted by atomic mass is 16.2. The van der Waals surface area contributed by atoms with Gasteiger partial charge in [-0.1, -0.05) is 32.4 Å². The average molecular weight is 288 g/mol. The van der Waals surface area contributed by atoms with E-state index in [2.05, 4.69) is 50.0 Å². The summed E-state index contributed by atoms with van der Waals surface area (Å²) in [5.74, 6) is 0.609. The molecule has 1 N–H and O–H groups in total. The van der Waals surface area contributed by atoms with Gasteiger partial charge in [-0.2, -0.15) is 0 Å². The molecule has 2 rings (SSSR count). The van der Waals surface area contributed by atoms with Crippen molar-refractivity contribution in [3.63, 3.8) is 0 Å². The number of nitrogens with one attached hydrogen (secondary N) is 1. The van der Waals surface area contributed by atoms with Crippen LogP contribution in [0.5, 0.6) is 0 Å². The van der Waals surface area contributed by atoms with Crippen molar-refractivity contribution >= 4 is 11.6 Å². The lowest BCUT2D eigenvalue weighted by Gasteiger charge is -2.38. The van der Waals surface area contributed by atoms with E-state index in [1.165, 1.54) is 24.8 Å². The van der Waals surface area contributed by atoms with Crippen LogP contribution in [0.2, 0.25) is 0 Å². The number of likely N-dealkylation sites (tertiary alicyclic amines) is 1.